The van der Waals surface area contributed by atoms with E-state index in [0.29, 0.717) is 12.3 Å². The Kier molecular flexibility index (Phi) is 5.76. The number of anilines is 1. The monoisotopic (exact) mass is 295 g/mol. The Morgan fingerprint density at radius 2 is 1.73 bits per heavy atom. The Hall–Kier alpha value is -2.09. The first-order valence-corrected chi connectivity index (χ1v) is 8.06. The molecule has 0 radical (unpaired) electrons. The van der Waals surface area contributed by atoms with Crippen LogP contribution in [0.1, 0.15) is 49.8 Å². The summed E-state index contributed by atoms with van der Waals surface area (Å²) < 4.78 is 0. The largest absolute Gasteiger partial charge is 0.326 e. The van der Waals surface area contributed by atoms with Crippen molar-refractivity contribution in [1.82, 2.24) is 0 Å². The second-order valence-corrected chi connectivity index (χ2v) is 5.96. The van der Waals surface area contributed by atoms with Crippen molar-refractivity contribution in [3.8, 4) is 0 Å². The molecule has 0 aliphatic heterocycles. The Morgan fingerprint density at radius 1 is 1.05 bits per heavy atom. The van der Waals surface area contributed by atoms with Gasteiger partial charge < -0.3 is 5.32 Å². The third-order valence-corrected chi connectivity index (χ3v) is 3.96. The molecule has 2 rings (SSSR count). The van der Waals surface area contributed by atoms with Crippen LogP contribution in [0.25, 0.3) is 0 Å². The Labute approximate surface area is 133 Å². The third-order valence-electron chi connectivity index (χ3n) is 3.96. The van der Waals surface area contributed by atoms with Crippen molar-refractivity contribution >= 4 is 11.6 Å². The molecule has 0 aromatic heterocycles. The predicted octanol–water partition coefficient (Wildman–Crippen LogP) is 4.94. The van der Waals surface area contributed by atoms with Crippen LogP contribution in [0.5, 0.6) is 0 Å². The summed E-state index contributed by atoms with van der Waals surface area (Å²) in [5.41, 5.74) is 4.66. The number of nitrogens with one attached hydrogen (secondary N) is 1. The summed E-state index contributed by atoms with van der Waals surface area (Å²) in [6.07, 6.45) is 2.21. The maximum absolute atomic E-state index is 12.1. The average molecular weight is 295 g/mol. The molecule has 1 amide bonds. The van der Waals surface area contributed by atoms with Gasteiger partial charge in [-0.2, -0.15) is 0 Å². The van der Waals surface area contributed by atoms with E-state index in [1.54, 1.807) is 0 Å². The fourth-order valence-corrected chi connectivity index (χ4v) is 2.49. The van der Waals surface area contributed by atoms with Gasteiger partial charge in [-0.1, -0.05) is 63.2 Å². The van der Waals surface area contributed by atoms with E-state index in [-0.39, 0.29) is 5.91 Å². The molecule has 1 N–H and O–H groups in total. The van der Waals surface area contributed by atoms with Gasteiger partial charge in [-0.25, -0.2) is 0 Å². The average Bonchev–Trinajstić information content (AvgIpc) is 2.54. The number of benzene rings is 2. The minimum Gasteiger partial charge on any atom is -0.326 e. The van der Waals surface area contributed by atoms with Gasteiger partial charge in [0.15, 0.2) is 0 Å². The number of aryl methyl sites for hydroxylation is 2. The summed E-state index contributed by atoms with van der Waals surface area (Å²) in [5.74, 6) is 0.622. The fraction of sp³-hybridized carbons (Fsp3) is 0.350. The molecule has 0 bridgehead atoms. The Balaban J connectivity index is 1.90. The number of hydrogen-bond donors (Lipinski definition) is 1. The van der Waals surface area contributed by atoms with Gasteiger partial charge >= 0.3 is 0 Å². The minimum absolute atomic E-state index is 0.0776. The van der Waals surface area contributed by atoms with Crippen molar-refractivity contribution in [3.05, 3.63) is 65.2 Å². The van der Waals surface area contributed by atoms with Crippen LogP contribution in [0.3, 0.4) is 0 Å². The van der Waals surface area contributed by atoms with Gasteiger partial charge in [0.1, 0.15) is 0 Å². The summed E-state index contributed by atoms with van der Waals surface area (Å²) in [5, 5.41) is 3.02. The maximum atomic E-state index is 12.1. The lowest BCUT2D eigenvalue weighted by Gasteiger charge is -2.10. The summed E-state index contributed by atoms with van der Waals surface area (Å²) in [7, 11) is 0. The van der Waals surface area contributed by atoms with E-state index in [0.717, 1.165) is 18.5 Å². The fourth-order valence-electron chi connectivity index (χ4n) is 2.49. The lowest BCUT2D eigenvalue weighted by Crippen LogP contribution is -2.13. The molecule has 0 aliphatic rings. The predicted molar refractivity (Wildman–Crippen MR) is 93.3 cm³/mol. The van der Waals surface area contributed by atoms with Crippen molar-refractivity contribution in [3.63, 3.8) is 0 Å². The smallest absolute Gasteiger partial charge is 0.224 e. The van der Waals surface area contributed by atoms with Crippen LogP contribution in [-0.2, 0) is 17.6 Å². The molecule has 2 nitrogen and oxygen atoms in total. The molecule has 2 aromatic carbocycles. The van der Waals surface area contributed by atoms with E-state index in [4.69, 9.17) is 0 Å². The first kappa shape index (κ1) is 16.3. The van der Waals surface area contributed by atoms with Crippen LogP contribution in [-0.4, -0.2) is 5.91 Å². The molecule has 0 spiro atoms. The molecule has 0 fully saturated rings. The van der Waals surface area contributed by atoms with E-state index in [1.807, 2.05) is 18.2 Å². The molecule has 0 unspecified atom stereocenters. The van der Waals surface area contributed by atoms with Crippen LogP contribution in [0.4, 0.5) is 5.69 Å². The van der Waals surface area contributed by atoms with Gasteiger partial charge in [0, 0.05) is 12.1 Å². The highest BCUT2D eigenvalue weighted by Crippen LogP contribution is 2.17. The van der Waals surface area contributed by atoms with Crippen LogP contribution in [0, 0.1) is 0 Å². The standard InChI is InChI=1S/C20H25NO/c1-4-17-7-5-6-8-19(17)21-20(22)14-11-16-9-12-18(13-10-16)15(2)3/h5-10,12-13,15H,4,11,14H2,1-3H3,(H,21,22). The summed E-state index contributed by atoms with van der Waals surface area (Å²) in [6, 6.07) is 16.6. The van der Waals surface area contributed by atoms with E-state index >= 15 is 0 Å². The normalized spacial score (nSPS) is 10.7. The van der Waals surface area contributed by atoms with E-state index in [9.17, 15) is 4.79 Å². The molecule has 0 saturated heterocycles. The van der Waals surface area contributed by atoms with Crippen molar-refractivity contribution in [1.29, 1.82) is 0 Å². The van der Waals surface area contributed by atoms with Crippen LogP contribution >= 0.6 is 0 Å². The third kappa shape index (κ3) is 4.45. The second kappa shape index (κ2) is 7.79. The molecule has 0 saturated carbocycles. The molecule has 22 heavy (non-hydrogen) atoms. The zero-order valence-electron chi connectivity index (χ0n) is 13.7. The number of rotatable bonds is 6. The number of hydrogen-bond acceptors (Lipinski definition) is 1. The van der Waals surface area contributed by atoms with Gasteiger partial charge in [-0.05, 0) is 41.5 Å². The minimum atomic E-state index is 0.0776. The highest BCUT2D eigenvalue weighted by Gasteiger charge is 2.06. The number of para-hydroxylation sites is 1. The molecule has 0 atom stereocenters. The van der Waals surface area contributed by atoms with E-state index < -0.39 is 0 Å². The van der Waals surface area contributed by atoms with Crippen molar-refractivity contribution < 1.29 is 4.79 Å². The quantitative estimate of drug-likeness (QED) is 0.803. The highest BCUT2D eigenvalue weighted by atomic mass is 16.1. The molecule has 2 aromatic rings. The van der Waals surface area contributed by atoms with E-state index in [1.165, 1.54) is 16.7 Å². The van der Waals surface area contributed by atoms with Crippen LogP contribution in [0.2, 0.25) is 0 Å². The molecular weight excluding hydrogens is 270 g/mol. The maximum Gasteiger partial charge on any atom is 0.224 e. The molecule has 2 heteroatoms. The van der Waals surface area contributed by atoms with Gasteiger partial charge in [0.25, 0.3) is 0 Å². The summed E-state index contributed by atoms with van der Waals surface area (Å²) >= 11 is 0. The second-order valence-electron chi connectivity index (χ2n) is 5.96. The van der Waals surface area contributed by atoms with Crippen LogP contribution < -0.4 is 5.32 Å². The van der Waals surface area contributed by atoms with Gasteiger partial charge in [0.2, 0.25) is 5.91 Å². The molecule has 116 valence electrons. The van der Waals surface area contributed by atoms with Crippen molar-refractivity contribution in [2.45, 2.75) is 46.0 Å². The number of amides is 1. The highest BCUT2D eigenvalue weighted by molar-refractivity contribution is 5.91. The topological polar surface area (TPSA) is 29.1 Å². The molecule has 0 aliphatic carbocycles. The van der Waals surface area contributed by atoms with Crippen molar-refractivity contribution in [2.75, 3.05) is 5.32 Å². The Morgan fingerprint density at radius 3 is 2.36 bits per heavy atom. The first-order valence-electron chi connectivity index (χ1n) is 8.06. The van der Waals surface area contributed by atoms with Crippen LogP contribution in [0.15, 0.2) is 48.5 Å². The van der Waals surface area contributed by atoms with Gasteiger partial charge in [0.05, 0.1) is 0 Å². The number of carbonyl (C=O) groups is 1. The summed E-state index contributed by atoms with van der Waals surface area (Å²) in [6.45, 7) is 6.47. The molecular formula is C20H25NO. The van der Waals surface area contributed by atoms with Crippen molar-refractivity contribution in [2.24, 2.45) is 0 Å². The lowest BCUT2D eigenvalue weighted by atomic mass is 10.0. The lowest BCUT2D eigenvalue weighted by molar-refractivity contribution is -0.116. The molecule has 0 heterocycles. The van der Waals surface area contributed by atoms with Gasteiger partial charge in [-0.3, -0.25) is 4.79 Å². The van der Waals surface area contributed by atoms with Gasteiger partial charge in [-0.15, -0.1) is 0 Å². The first-order chi connectivity index (χ1) is 10.6. The summed E-state index contributed by atoms with van der Waals surface area (Å²) in [4.78, 5) is 12.1. The van der Waals surface area contributed by atoms with E-state index in [2.05, 4.69) is 56.4 Å². The SMILES string of the molecule is CCc1ccccc1NC(=O)CCc1ccc(C(C)C)cc1. The Bertz CT molecular complexity index is 614. The zero-order chi connectivity index (χ0) is 15.9. The zero-order valence-corrected chi connectivity index (χ0v) is 13.7. The number of carbonyl (C=O) groups excluding carboxylic acids is 1.